The zero-order chi connectivity index (χ0) is 17.8. The Labute approximate surface area is 148 Å². The lowest BCUT2D eigenvalue weighted by Crippen LogP contribution is -2.40. The van der Waals surface area contributed by atoms with Crippen molar-refractivity contribution in [1.82, 2.24) is 20.0 Å². The number of nitrogens with zero attached hydrogens (tertiary/aromatic N) is 3. The maximum absolute atomic E-state index is 12.2. The third-order valence-electron chi connectivity index (χ3n) is 4.36. The van der Waals surface area contributed by atoms with E-state index < -0.39 is 0 Å². The van der Waals surface area contributed by atoms with Crippen molar-refractivity contribution in [3.05, 3.63) is 42.1 Å². The SMILES string of the molecule is C[C@H](NC(=O)Nc1ccn(CCN(C)C)n1)[C@@H]1COc2ccccc21. The van der Waals surface area contributed by atoms with Gasteiger partial charge >= 0.3 is 6.03 Å². The van der Waals surface area contributed by atoms with Crippen LogP contribution in [-0.4, -0.2) is 54.0 Å². The molecule has 1 aromatic carbocycles. The minimum Gasteiger partial charge on any atom is -0.493 e. The van der Waals surface area contributed by atoms with E-state index in [1.54, 1.807) is 6.07 Å². The van der Waals surface area contributed by atoms with Crippen molar-refractivity contribution in [1.29, 1.82) is 0 Å². The molecule has 3 rings (SSSR count). The van der Waals surface area contributed by atoms with Crippen LogP contribution in [0.5, 0.6) is 5.75 Å². The van der Waals surface area contributed by atoms with Gasteiger partial charge in [0.1, 0.15) is 5.75 Å². The molecule has 0 fully saturated rings. The molecule has 0 radical (unpaired) electrons. The van der Waals surface area contributed by atoms with Crippen LogP contribution >= 0.6 is 0 Å². The molecule has 0 saturated heterocycles. The van der Waals surface area contributed by atoms with Gasteiger partial charge < -0.3 is 15.0 Å². The molecule has 7 heteroatoms. The number of hydrogen-bond donors (Lipinski definition) is 2. The third-order valence-corrected chi connectivity index (χ3v) is 4.36. The maximum Gasteiger partial charge on any atom is 0.320 e. The number of urea groups is 1. The van der Waals surface area contributed by atoms with Crippen LogP contribution in [-0.2, 0) is 6.54 Å². The fourth-order valence-electron chi connectivity index (χ4n) is 2.92. The number of anilines is 1. The molecule has 134 valence electrons. The number of carbonyl (C=O) groups excluding carboxylic acids is 1. The number of nitrogens with one attached hydrogen (secondary N) is 2. The summed E-state index contributed by atoms with van der Waals surface area (Å²) in [6, 6.07) is 9.47. The lowest BCUT2D eigenvalue weighted by Gasteiger charge is -2.19. The molecule has 2 N–H and O–H groups in total. The second-order valence-electron chi connectivity index (χ2n) is 6.61. The molecule has 2 aromatic rings. The van der Waals surface area contributed by atoms with Crippen LogP contribution in [0.2, 0.25) is 0 Å². The Morgan fingerprint density at radius 2 is 2.20 bits per heavy atom. The predicted octanol–water partition coefficient (Wildman–Crippen LogP) is 2.13. The lowest BCUT2D eigenvalue weighted by atomic mass is 9.94. The van der Waals surface area contributed by atoms with Crippen LogP contribution in [0.4, 0.5) is 10.6 Å². The number of likely N-dealkylation sites (N-methyl/N-ethyl adjacent to an activating group) is 1. The lowest BCUT2D eigenvalue weighted by molar-refractivity contribution is 0.244. The van der Waals surface area contributed by atoms with Gasteiger partial charge in [0.25, 0.3) is 0 Å². The van der Waals surface area contributed by atoms with Gasteiger partial charge in [-0.15, -0.1) is 0 Å². The molecule has 1 aliphatic rings. The number of hydrogen-bond acceptors (Lipinski definition) is 4. The first-order chi connectivity index (χ1) is 12.0. The Balaban J connectivity index is 1.53. The van der Waals surface area contributed by atoms with E-state index in [9.17, 15) is 4.79 Å². The van der Waals surface area contributed by atoms with Gasteiger partial charge in [-0.3, -0.25) is 10.00 Å². The molecule has 0 aliphatic carbocycles. The average molecular weight is 343 g/mol. The fraction of sp³-hybridized carbons (Fsp3) is 0.444. The molecule has 2 heterocycles. The number of fused-ring (bicyclic) bond motifs is 1. The van der Waals surface area contributed by atoms with E-state index in [0.717, 1.165) is 24.4 Å². The first kappa shape index (κ1) is 17.3. The molecule has 0 bridgehead atoms. The predicted molar refractivity (Wildman–Crippen MR) is 97.1 cm³/mol. The summed E-state index contributed by atoms with van der Waals surface area (Å²) in [5.74, 6) is 1.60. The minimum atomic E-state index is -0.255. The molecule has 1 aromatic heterocycles. The van der Waals surface area contributed by atoms with Crippen molar-refractivity contribution in [2.45, 2.75) is 25.4 Å². The highest BCUT2D eigenvalue weighted by Gasteiger charge is 2.29. The molecule has 1 aliphatic heterocycles. The summed E-state index contributed by atoms with van der Waals surface area (Å²) in [6.45, 7) is 4.25. The third kappa shape index (κ3) is 4.30. The summed E-state index contributed by atoms with van der Waals surface area (Å²) >= 11 is 0. The summed E-state index contributed by atoms with van der Waals surface area (Å²) in [6.07, 6.45) is 1.86. The number of ether oxygens (including phenoxy) is 1. The molecule has 7 nitrogen and oxygen atoms in total. The molecule has 0 unspecified atom stereocenters. The normalized spacial score (nSPS) is 17.0. The smallest absolute Gasteiger partial charge is 0.320 e. The number of rotatable bonds is 6. The first-order valence-corrected chi connectivity index (χ1v) is 8.50. The summed E-state index contributed by atoms with van der Waals surface area (Å²) in [5, 5.41) is 10.1. The second-order valence-corrected chi connectivity index (χ2v) is 6.61. The standard InChI is InChI=1S/C18H25N5O2/c1-13(15-12-25-16-7-5-4-6-14(15)16)19-18(24)20-17-8-9-23(21-17)11-10-22(2)3/h4-9,13,15H,10-12H2,1-3H3,(H2,19,20,21,24)/t13-,15-/m0/s1. The van der Waals surface area contributed by atoms with Gasteiger partial charge in [-0.05, 0) is 27.1 Å². The Bertz CT molecular complexity index is 728. The molecule has 25 heavy (non-hydrogen) atoms. The Kier molecular flexibility index (Phi) is 5.23. The Morgan fingerprint density at radius 1 is 1.40 bits per heavy atom. The van der Waals surface area contributed by atoms with E-state index in [1.165, 1.54) is 0 Å². The summed E-state index contributed by atoms with van der Waals surface area (Å²) in [5.41, 5.74) is 1.14. The summed E-state index contributed by atoms with van der Waals surface area (Å²) in [7, 11) is 4.03. The van der Waals surface area contributed by atoms with Crippen molar-refractivity contribution in [2.24, 2.45) is 0 Å². The highest BCUT2D eigenvalue weighted by Crippen LogP contribution is 2.35. The van der Waals surface area contributed by atoms with Crippen LogP contribution in [0.3, 0.4) is 0 Å². The number of amides is 2. The Morgan fingerprint density at radius 3 is 3.00 bits per heavy atom. The highest BCUT2D eigenvalue weighted by atomic mass is 16.5. The quantitative estimate of drug-likeness (QED) is 0.843. The summed E-state index contributed by atoms with van der Waals surface area (Å²) < 4.78 is 7.51. The molecule has 0 spiro atoms. The van der Waals surface area contributed by atoms with Crippen molar-refractivity contribution in [2.75, 3.05) is 32.6 Å². The maximum atomic E-state index is 12.2. The monoisotopic (exact) mass is 343 g/mol. The largest absolute Gasteiger partial charge is 0.493 e. The highest BCUT2D eigenvalue weighted by molar-refractivity contribution is 5.88. The molecule has 0 saturated carbocycles. The molecule has 2 atom stereocenters. The van der Waals surface area contributed by atoms with Crippen molar-refractivity contribution in [3.63, 3.8) is 0 Å². The van der Waals surface area contributed by atoms with E-state index in [2.05, 4.69) is 26.7 Å². The van der Waals surface area contributed by atoms with E-state index in [0.29, 0.717) is 12.4 Å². The number of benzene rings is 1. The molecular weight excluding hydrogens is 318 g/mol. The number of para-hydroxylation sites is 1. The first-order valence-electron chi connectivity index (χ1n) is 8.50. The van der Waals surface area contributed by atoms with Crippen molar-refractivity contribution in [3.8, 4) is 5.75 Å². The van der Waals surface area contributed by atoms with Gasteiger partial charge in [-0.25, -0.2) is 4.79 Å². The average Bonchev–Trinajstić information content (AvgIpc) is 3.19. The van der Waals surface area contributed by atoms with E-state index >= 15 is 0 Å². The van der Waals surface area contributed by atoms with Crippen molar-refractivity contribution >= 4 is 11.8 Å². The van der Waals surface area contributed by atoms with Gasteiger partial charge in [0.2, 0.25) is 0 Å². The zero-order valence-electron chi connectivity index (χ0n) is 14.9. The topological polar surface area (TPSA) is 71.4 Å². The van der Waals surface area contributed by atoms with Crippen LogP contribution in [0.1, 0.15) is 18.4 Å². The second kappa shape index (κ2) is 7.57. The van der Waals surface area contributed by atoms with Crippen LogP contribution in [0.25, 0.3) is 0 Å². The number of aromatic nitrogens is 2. The van der Waals surface area contributed by atoms with Gasteiger partial charge in [-0.2, -0.15) is 5.10 Å². The zero-order valence-corrected chi connectivity index (χ0v) is 14.9. The van der Waals surface area contributed by atoms with Crippen LogP contribution < -0.4 is 15.4 Å². The van der Waals surface area contributed by atoms with Crippen LogP contribution in [0, 0.1) is 0 Å². The van der Waals surface area contributed by atoms with Gasteiger partial charge in [-0.1, -0.05) is 18.2 Å². The molecular formula is C18H25N5O2. The van der Waals surface area contributed by atoms with Gasteiger partial charge in [0.05, 0.1) is 13.2 Å². The van der Waals surface area contributed by atoms with E-state index in [1.807, 2.05) is 50.1 Å². The van der Waals surface area contributed by atoms with Gasteiger partial charge in [0, 0.05) is 36.3 Å². The minimum absolute atomic E-state index is 0.0422. The number of carbonyl (C=O) groups is 1. The van der Waals surface area contributed by atoms with Crippen molar-refractivity contribution < 1.29 is 9.53 Å². The summed E-state index contributed by atoms with van der Waals surface area (Å²) in [4.78, 5) is 14.3. The van der Waals surface area contributed by atoms with E-state index in [4.69, 9.17) is 4.74 Å². The Hall–Kier alpha value is -2.54. The van der Waals surface area contributed by atoms with Crippen LogP contribution in [0.15, 0.2) is 36.5 Å². The van der Waals surface area contributed by atoms with Gasteiger partial charge in [0.15, 0.2) is 5.82 Å². The van der Waals surface area contributed by atoms with E-state index in [-0.39, 0.29) is 18.0 Å². The fourth-order valence-corrected chi connectivity index (χ4v) is 2.92. The molecule has 2 amide bonds.